The van der Waals surface area contributed by atoms with Gasteiger partial charge in [0.15, 0.2) is 0 Å². The fourth-order valence-electron chi connectivity index (χ4n) is 3.05. The molecule has 0 spiro atoms. The Morgan fingerprint density at radius 2 is 1.52 bits per heavy atom. The number of hydrogen-bond acceptors (Lipinski definition) is 4. The van der Waals surface area contributed by atoms with Crippen molar-refractivity contribution in [3.05, 3.63) is 40.4 Å². The molecule has 0 aliphatic carbocycles. The maximum atomic E-state index is 12.9. The molecule has 0 radical (unpaired) electrons. The zero-order valence-electron chi connectivity index (χ0n) is 16.6. The fourth-order valence-corrected chi connectivity index (χ4v) is 4.15. The Morgan fingerprint density at radius 3 is 1.84 bits per heavy atom. The Hall–Kier alpha value is -1.46. The van der Waals surface area contributed by atoms with Crippen molar-refractivity contribution in [3.8, 4) is 5.75 Å². The lowest BCUT2D eigenvalue weighted by atomic mass is 9.78. The standard InChI is InChI=1S/C20H30N2O2S/c1-12-22(21(8)9)18(24)17(25-12)13-10-14(19(2,3)4)16(23)15(11-13)20(5,6)7/h10-11,17,23H,1H2,2-9H3. The van der Waals surface area contributed by atoms with E-state index in [0.29, 0.717) is 5.75 Å². The van der Waals surface area contributed by atoms with Crippen molar-refractivity contribution in [1.82, 2.24) is 10.0 Å². The molecule has 0 bridgehead atoms. The minimum Gasteiger partial charge on any atom is -0.507 e. The summed E-state index contributed by atoms with van der Waals surface area (Å²) in [6, 6.07) is 3.96. The van der Waals surface area contributed by atoms with Crippen LogP contribution < -0.4 is 0 Å². The second-order valence-corrected chi connectivity index (χ2v) is 10.0. The van der Waals surface area contributed by atoms with Crippen LogP contribution in [0.2, 0.25) is 0 Å². The molecule has 5 heteroatoms. The second-order valence-electron chi connectivity index (χ2n) is 8.85. The molecule has 1 saturated heterocycles. The van der Waals surface area contributed by atoms with E-state index in [1.807, 2.05) is 26.2 Å². The van der Waals surface area contributed by atoms with Crippen LogP contribution in [-0.2, 0) is 15.6 Å². The summed E-state index contributed by atoms with van der Waals surface area (Å²) >= 11 is 1.47. The average Bonchev–Trinajstić information content (AvgIpc) is 2.71. The van der Waals surface area contributed by atoms with Gasteiger partial charge >= 0.3 is 0 Å². The summed E-state index contributed by atoms with van der Waals surface area (Å²) in [7, 11) is 3.67. The molecule has 0 aromatic heterocycles. The van der Waals surface area contributed by atoms with E-state index in [-0.39, 0.29) is 22.0 Å². The number of aromatic hydroxyl groups is 1. The van der Waals surface area contributed by atoms with Gasteiger partial charge in [0, 0.05) is 14.1 Å². The number of carbonyl (C=O) groups excluding carboxylic acids is 1. The van der Waals surface area contributed by atoms with E-state index < -0.39 is 0 Å². The van der Waals surface area contributed by atoms with Crippen molar-refractivity contribution in [2.75, 3.05) is 14.1 Å². The molecule has 1 atom stereocenters. The smallest absolute Gasteiger partial charge is 0.260 e. The number of amides is 1. The molecule has 2 rings (SSSR count). The van der Waals surface area contributed by atoms with Gasteiger partial charge in [-0.25, -0.2) is 10.0 Å². The Kier molecular flexibility index (Phi) is 5.05. The van der Waals surface area contributed by atoms with Crippen LogP contribution in [0.3, 0.4) is 0 Å². The Morgan fingerprint density at radius 1 is 1.08 bits per heavy atom. The van der Waals surface area contributed by atoms with Crippen LogP contribution in [0.5, 0.6) is 5.75 Å². The molecule has 138 valence electrons. The number of hydrazine groups is 1. The van der Waals surface area contributed by atoms with Crippen LogP contribution in [0, 0.1) is 0 Å². The van der Waals surface area contributed by atoms with Gasteiger partial charge in [-0.15, -0.1) is 0 Å². The Bertz CT molecular complexity index is 676. The number of benzene rings is 1. The fraction of sp³-hybridized carbons (Fsp3) is 0.550. The summed E-state index contributed by atoms with van der Waals surface area (Å²) in [6.45, 7) is 16.5. The van der Waals surface area contributed by atoms with Crippen LogP contribution in [0.15, 0.2) is 23.7 Å². The lowest BCUT2D eigenvalue weighted by Gasteiger charge is -2.29. The molecule has 1 N–H and O–H groups in total. The first-order valence-electron chi connectivity index (χ1n) is 8.49. The van der Waals surface area contributed by atoms with Gasteiger partial charge < -0.3 is 5.11 Å². The van der Waals surface area contributed by atoms with E-state index >= 15 is 0 Å². The van der Waals surface area contributed by atoms with Crippen molar-refractivity contribution in [1.29, 1.82) is 0 Å². The summed E-state index contributed by atoms with van der Waals surface area (Å²) in [4.78, 5) is 12.9. The van der Waals surface area contributed by atoms with Crippen LogP contribution in [0.4, 0.5) is 0 Å². The zero-order chi connectivity index (χ0) is 19.3. The lowest BCUT2D eigenvalue weighted by Crippen LogP contribution is -2.37. The Balaban J connectivity index is 2.63. The second kappa shape index (κ2) is 6.36. The SMILES string of the molecule is C=C1SC(c2cc(C(C)(C)C)c(O)c(C(C)(C)C)c2)C(=O)N1N(C)C. The van der Waals surface area contributed by atoms with Crippen LogP contribution in [-0.4, -0.2) is 35.1 Å². The van der Waals surface area contributed by atoms with E-state index in [0.717, 1.165) is 21.7 Å². The van der Waals surface area contributed by atoms with Crippen LogP contribution in [0.1, 0.15) is 63.5 Å². The predicted molar refractivity (Wildman–Crippen MR) is 106 cm³/mol. The molecule has 1 aromatic carbocycles. The maximum Gasteiger partial charge on any atom is 0.260 e. The quantitative estimate of drug-likeness (QED) is 0.838. The normalized spacial score (nSPS) is 19.2. The summed E-state index contributed by atoms with van der Waals surface area (Å²) in [5, 5.41) is 14.6. The largest absolute Gasteiger partial charge is 0.507 e. The van der Waals surface area contributed by atoms with Gasteiger partial charge in [0.25, 0.3) is 5.91 Å². The number of hydrogen-bond donors (Lipinski definition) is 1. The van der Waals surface area contributed by atoms with Gasteiger partial charge in [0.1, 0.15) is 11.0 Å². The highest BCUT2D eigenvalue weighted by Gasteiger charge is 2.39. The molecular formula is C20H30N2O2S. The first-order chi connectivity index (χ1) is 11.2. The molecule has 4 nitrogen and oxygen atoms in total. The first kappa shape index (κ1) is 19.9. The first-order valence-corrected chi connectivity index (χ1v) is 9.37. The summed E-state index contributed by atoms with van der Waals surface area (Å²) in [6.07, 6.45) is 0. The molecule has 0 saturated carbocycles. The highest BCUT2D eigenvalue weighted by atomic mass is 32.2. The zero-order valence-corrected chi connectivity index (χ0v) is 17.4. The molecule has 25 heavy (non-hydrogen) atoms. The molecule has 1 amide bonds. The van der Waals surface area contributed by atoms with Gasteiger partial charge in [-0.1, -0.05) is 59.9 Å². The van der Waals surface area contributed by atoms with Crippen molar-refractivity contribution < 1.29 is 9.90 Å². The minimum absolute atomic E-state index is 0.00501. The van der Waals surface area contributed by atoms with E-state index in [9.17, 15) is 9.90 Å². The third-order valence-electron chi connectivity index (χ3n) is 4.37. The van der Waals surface area contributed by atoms with Crippen molar-refractivity contribution in [2.24, 2.45) is 0 Å². The number of carbonyl (C=O) groups is 1. The molecule has 1 heterocycles. The molecule has 1 unspecified atom stereocenters. The van der Waals surface area contributed by atoms with Crippen LogP contribution >= 0.6 is 11.8 Å². The maximum absolute atomic E-state index is 12.9. The third-order valence-corrected chi connectivity index (χ3v) is 5.53. The predicted octanol–water partition coefficient (Wildman–Crippen LogP) is 4.55. The lowest BCUT2D eigenvalue weighted by molar-refractivity contribution is -0.137. The summed E-state index contributed by atoms with van der Waals surface area (Å²) in [5.74, 6) is 0.341. The van der Waals surface area contributed by atoms with Gasteiger partial charge in [0.2, 0.25) is 0 Å². The minimum atomic E-state index is -0.335. The topological polar surface area (TPSA) is 43.8 Å². The molecule has 1 aliphatic rings. The monoisotopic (exact) mass is 362 g/mol. The van der Waals surface area contributed by atoms with Crippen molar-refractivity contribution in [3.63, 3.8) is 0 Å². The van der Waals surface area contributed by atoms with Crippen molar-refractivity contribution in [2.45, 2.75) is 57.6 Å². The number of thioether (sulfide) groups is 1. The third kappa shape index (κ3) is 3.72. The van der Waals surface area contributed by atoms with E-state index in [4.69, 9.17) is 0 Å². The van der Waals surface area contributed by atoms with Crippen LogP contribution in [0.25, 0.3) is 0 Å². The van der Waals surface area contributed by atoms with Gasteiger partial charge in [-0.05, 0) is 39.7 Å². The van der Waals surface area contributed by atoms with E-state index in [1.54, 1.807) is 10.0 Å². The molecule has 1 aliphatic heterocycles. The average molecular weight is 363 g/mol. The number of nitrogens with zero attached hydrogens (tertiary/aromatic N) is 2. The summed E-state index contributed by atoms with van der Waals surface area (Å²) in [5.41, 5.74) is 2.23. The van der Waals surface area contributed by atoms with E-state index in [1.165, 1.54) is 11.8 Å². The summed E-state index contributed by atoms with van der Waals surface area (Å²) < 4.78 is 0. The van der Waals surface area contributed by atoms with Gasteiger partial charge in [-0.3, -0.25) is 4.79 Å². The number of phenolic OH excluding ortho intramolecular Hbond substituents is 1. The highest BCUT2D eigenvalue weighted by Crippen LogP contribution is 2.48. The molecule has 1 fully saturated rings. The number of phenols is 1. The van der Waals surface area contributed by atoms with Gasteiger partial charge in [-0.2, -0.15) is 0 Å². The number of rotatable bonds is 2. The molecular weight excluding hydrogens is 332 g/mol. The molecule has 1 aromatic rings. The van der Waals surface area contributed by atoms with Gasteiger partial charge in [0.05, 0.1) is 5.03 Å². The Labute approximate surface area is 155 Å². The van der Waals surface area contributed by atoms with E-state index in [2.05, 4.69) is 48.1 Å². The highest BCUT2D eigenvalue weighted by molar-refractivity contribution is 8.04. The van der Waals surface area contributed by atoms with Crippen molar-refractivity contribution >= 4 is 17.7 Å².